The maximum absolute atomic E-state index is 5.90. The monoisotopic (exact) mass is 272 g/mol. The number of aryl methyl sites for hydroxylation is 1. The summed E-state index contributed by atoms with van der Waals surface area (Å²) in [6.07, 6.45) is 3.50. The minimum Gasteiger partial charge on any atom is -0.491 e. The number of rotatable bonds is 8. The molecule has 0 aliphatic heterocycles. The van der Waals surface area contributed by atoms with Crippen LogP contribution in [0, 0.1) is 6.92 Å². The van der Waals surface area contributed by atoms with Crippen LogP contribution in [0.5, 0.6) is 5.75 Å². The highest BCUT2D eigenvalue weighted by Gasteiger charge is 2.03. The number of ether oxygens (including phenoxy) is 1. The molecule has 1 heterocycles. The summed E-state index contributed by atoms with van der Waals surface area (Å²) in [7, 11) is 0. The molecule has 0 aliphatic rings. The molecule has 3 heteroatoms. The SMILES string of the molecule is CCNCCCCCOc1cccc2ccc(C)nc12. The van der Waals surface area contributed by atoms with E-state index in [1.807, 2.05) is 25.1 Å². The second-order valence-corrected chi connectivity index (χ2v) is 5.04. The Labute approximate surface area is 121 Å². The van der Waals surface area contributed by atoms with E-state index in [4.69, 9.17) is 4.74 Å². The molecule has 0 unspecified atom stereocenters. The van der Waals surface area contributed by atoms with E-state index in [1.54, 1.807) is 0 Å². The molecule has 3 nitrogen and oxygen atoms in total. The van der Waals surface area contributed by atoms with Gasteiger partial charge in [-0.25, -0.2) is 4.98 Å². The highest BCUT2D eigenvalue weighted by molar-refractivity contribution is 5.84. The lowest BCUT2D eigenvalue weighted by Gasteiger charge is -2.09. The standard InChI is InChI=1S/C17H24N2O/c1-3-18-12-5-4-6-13-20-16-9-7-8-15-11-10-14(2)19-17(15)16/h7-11,18H,3-6,12-13H2,1-2H3. The molecule has 1 aromatic carbocycles. The predicted octanol–water partition coefficient (Wildman–Crippen LogP) is 3.70. The summed E-state index contributed by atoms with van der Waals surface area (Å²) < 4.78 is 5.90. The quantitative estimate of drug-likeness (QED) is 0.744. The Kier molecular flexibility index (Phi) is 5.81. The number of nitrogens with zero attached hydrogens (tertiary/aromatic N) is 1. The zero-order valence-corrected chi connectivity index (χ0v) is 12.5. The summed E-state index contributed by atoms with van der Waals surface area (Å²) in [6.45, 7) is 7.07. The van der Waals surface area contributed by atoms with Gasteiger partial charge in [0.1, 0.15) is 11.3 Å². The van der Waals surface area contributed by atoms with Crippen molar-refractivity contribution in [3.05, 3.63) is 36.0 Å². The lowest BCUT2D eigenvalue weighted by Crippen LogP contribution is -2.14. The second kappa shape index (κ2) is 7.85. The maximum Gasteiger partial charge on any atom is 0.145 e. The van der Waals surface area contributed by atoms with Crippen LogP contribution in [0.25, 0.3) is 10.9 Å². The van der Waals surface area contributed by atoms with Crippen molar-refractivity contribution in [2.45, 2.75) is 33.1 Å². The Morgan fingerprint density at radius 1 is 1.10 bits per heavy atom. The molecule has 0 aliphatic carbocycles. The van der Waals surface area contributed by atoms with Gasteiger partial charge >= 0.3 is 0 Å². The fraction of sp³-hybridized carbons (Fsp3) is 0.471. The van der Waals surface area contributed by atoms with Crippen LogP contribution >= 0.6 is 0 Å². The van der Waals surface area contributed by atoms with Crippen molar-refractivity contribution in [1.82, 2.24) is 10.3 Å². The van der Waals surface area contributed by atoms with Gasteiger partial charge in [-0.15, -0.1) is 0 Å². The van der Waals surface area contributed by atoms with Gasteiger partial charge < -0.3 is 10.1 Å². The number of unbranched alkanes of at least 4 members (excludes halogenated alkanes) is 2. The number of aromatic nitrogens is 1. The van der Waals surface area contributed by atoms with Crippen molar-refractivity contribution in [2.24, 2.45) is 0 Å². The number of hydrogen-bond acceptors (Lipinski definition) is 3. The smallest absolute Gasteiger partial charge is 0.145 e. The van der Waals surface area contributed by atoms with Crippen LogP contribution in [0.15, 0.2) is 30.3 Å². The van der Waals surface area contributed by atoms with Crippen LogP contribution in [0.1, 0.15) is 31.9 Å². The van der Waals surface area contributed by atoms with E-state index >= 15 is 0 Å². The molecule has 0 saturated carbocycles. The minimum atomic E-state index is 0.765. The summed E-state index contributed by atoms with van der Waals surface area (Å²) in [6, 6.07) is 10.2. The van der Waals surface area contributed by atoms with Gasteiger partial charge in [-0.05, 0) is 51.4 Å². The van der Waals surface area contributed by atoms with Gasteiger partial charge in [-0.1, -0.05) is 25.1 Å². The highest BCUT2D eigenvalue weighted by atomic mass is 16.5. The molecule has 0 bridgehead atoms. The molecule has 2 aromatic rings. The maximum atomic E-state index is 5.90. The van der Waals surface area contributed by atoms with Crippen LogP contribution in [-0.4, -0.2) is 24.7 Å². The molecule has 0 radical (unpaired) electrons. The number of benzene rings is 1. The fourth-order valence-electron chi connectivity index (χ4n) is 2.22. The van der Waals surface area contributed by atoms with Gasteiger partial charge in [0, 0.05) is 11.1 Å². The van der Waals surface area contributed by atoms with Crippen molar-refractivity contribution in [3.8, 4) is 5.75 Å². The molecule has 0 fully saturated rings. The third-order valence-corrected chi connectivity index (χ3v) is 3.33. The highest BCUT2D eigenvalue weighted by Crippen LogP contribution is 2.24. The van der Waals surface area contributed by atoms with E-state index < -0.39 is 0 Å². The topological polar surface area (TPSA) is 34.1 Å². The van der Waals surface area contributed by atoms with Crippen LogP contribution < -0.4 is 10.1 Å². The zero-order chi connectivity index (χ0) is 14.2. The molecular formula is C17H24N2O. The third kappa shape index (κ3) is 4.20. The van der Waals surface area contributed by atoms with Gasteiger partial charge in [-0.2, -0.15) is 0 Å². The first kappa shape index (κ1) is 14.8. The molecule has 108 valence electrons. The van der Waals surface area contributed by atoms with Crippen molar-refractivity contribution < 1.29 is 4.74 Å². The van der Waals surface area contributed by atoms with Crippen molar-refractivity contribution in [3.63, 3.8) is 0 Å². The Bertz CT molecular complexity index is 540. The van der Waals surface area contributed by atoms with E-state index in [9.17, 15) is 0 Å². The molecule has 2 rings (SSSR count). The van der Waals surface area contributed by atoms with E-state index in [0.717, 1.165) is 48.5 Å². The Hall–Kier alpha value is -1.61. The lowest BCUT2D eigenvalue weighted by molar-refractivity contribution is 0.308. The minimum absolute atomic E-state index is 0.765. The molecular weight excluding hydrogens is 248 g/mol. The van der Waals surface area contributed by atoms with E-state index in [2.05, 4.69) is 29.4 Å². The molecule has 0 saturated heterocycles. The first-order chi connectivity index (χ1) is 9.81. The number of nitrogens with one attached hydrogen (secondary N) is 1. The largest absolute Gasteiger partial charge is 0.491 e. The summed E-state index contributed by atoms with van der Waals surface area (Å²) in [5.41, 5.74) is 2.00. The van der Waals surface area contributed by atoms with E-state index in [1.165, 1.54) is 12.8 Å². The number of fused-ring (bicyclic) bond motifs is 1. The van der Waals surface area contributed by atoms with E-state index in [-0.39, 0.29) is 0 Å². The predicted molar refractivity (Wildman–Crippen MR) is 84.4 cm³/mol. The summed E-state index contributed by atoms with van der Waals surface area (Å²) >= 11 is 0. The average Bonchev–Trinajstić information content (AvgIpc) is 2.46. The van der Waals surface area contributed by atoms with Gasteiger partial charge in [0.05, 0.1) is 6.61 Å². The molecule has 1 N–H and O–H groups in total. The van der Waals surface area contributed by atoms with Crippen LogP contribution in [-0.2, 0) is 0 Å². The van der Waals surface area contributed by atoms with Crippen LogP contribution in [0.4, 0.5) is 0 Å². The van der Waals surface area contributed by atoms with Gasteiger partial charge in [-0.3, -0.25) is 0 Å². The van der Waals surface area contributed by atoms with Crippen molar-refractivity contribution in [2.75, 3.05) is 19.7 Å². The first-order valence-corrected chi connectivity index (χ1v) is 7.51. The molecule has 0 amide bonds. The third-order valence-electron chi connectivity index (χ3n) is 3.33. The Morgan fingerprint density at radius 3 is 2.85 bits per heavy atom. The molecule has 0 spiro atoms. The summed E-state index contributed by atoms with van der Waals surface area (Å²) in [4.78, 5) is 4.58. The summed E-state index contributed by atoms with van der Waals surface area (Å²) in [5.74, 6) is 0.901. The van der Waals surface area contributed by atoms with Crippen molar-refractivity contribution in [1.29, 1.82) is 0 Å². The summed E-state index contributed by atoms with van der Waals surface area (Å²) in [5, 5.41) is 4.48. The second-order valence-electron chi connectivity index (χ2n) is 5.04. The number of para-hydroxylation sites is 1. The van der Waals surface area contributed by atoms with Gasteiger partial charge in [0.15, 0.2) is 0 Å². The van der Waals surface area contributed by atoms with Crippen LogP contribution in [0.2, 0.25) is 0 Å². The Morgan fingerprint density at radius 2 is 2.00 bits per heavy atom. The van der Waals surface area contributed by atoms with Gasteiger partial charge in [0.2, 0.25) is 0 Å². The van der Waals surface area contributed by atoms with Crippen LogP contribution in [0.3, 0.4) is 0 Å². The molecule has 20 heavy (non-hydrogen) atoms. The first-order valence-electron chi connectivity index (χ1n) is 7.51. The molecule has 0 atom stereocenters. The number of pyridine rings is 1. The van der Waals surface area contributed by atoms with Crippen molar-refractivity contribution >= 4 is 10.9 Å². The molecule has 1 aromatic heterocycles. The normalized spacial score (nSPS) is 10.9. The van der Waals surface area contributed by atoms with E-state index in [0.29, 0.717) is 0 Å². The Balaban J connectivity index is 1.85. The van der Waals surface area contributed by atoms with Gasteiger partial charge in [0.25, 0.3) is 0 Å². The lowest BCUT2D eigenvalue weighted by atomic mass is 10.2. The average molecular weight is 272 g/mol. The fourth-order valence-corrected chi connectivity index (χ4v) is 2.22. The zero-order valence-electron chi connectivity index (χ0n) is 12.5. The number of hydrogen-bond donors (Lipinski definition) is 1.